The molecule has 0 saturated carbocycles. The molecule has 0 fully saturated rings. The van der Waals surface area contributed by atoms with Crippen LogP contribution < -0.4 is 9.64 Å². The van der Waals surface area contributed by atoms with Crippen LogP contribution in [0.15, 0.2) is 72.1 Å². The third kappa shape index (κ3) is 4.79. The van der Waals surface area contributed by atoms with E-state index in [-0.39, 0.29) is 0 Å². The highest BCUT2D eigenvalue weighted by molar-refractivity contribution is 6.00. The highest BCUT2D eigenvalue weighted by Gasteiger charge is 2.37. The molecule has 2 aromatic rings. The molecule has 0 spiro atoms. The second kappa shape index (κ2) is 9.98. The van der Waals surface area contributed by atoms with Crippen molar-refractivity contribution in [3.63, 3.8) is 0 Å². The van der Waals surface area contributed by atoms with Gasteiger partial charge >= 0.3 is 11.9 Å². The third-order valence-electron chi connectivity index (χ3n) is 5.01. The van der Waals surface area contributed by atoms with Gasteiger partial charge in [-0.15, -0.1) is 0 Å². The largest absolute Gasteiger partial charge is 0.493 e. The van der Waals surface area contributed by atoms with Crippen molar-refractivity contribution in [3.8, 4) is 5.75 Å². The smallest absolute Gasteiger partial charge is 0.336 e. The number of aryl methyl sites for hydroxylation is 1. The number of anilines is 1. The van der Waals surface area contributed by atoms with Crippen LogP contribution >= 0.6 is 0 Å². The Hall–Kier alpha value is -3.54. The van der Waals surface area contributed by atoms with Crippen LogP contribution in [0, 0.1) is 6.92 Å². The second-order valence-electron chi connectivity index (χ2n) is 7.22. The molecule has 162 valence electrons. The summed E-state index contributed by atoms with van der Waals surface area (Å²) in [7, 11) is 2.65. The Morgan fingerprint density at radius 1 is 0.935 bits per heavy atom. The van der Waals surface area contributed by atoms with Gasteiger partial charge in [-0.05, 0) is 37.1 Å². The second-order valence-corrected chi connectivity index (χ2v) is 7.22. The summed E-state index contributed by atoms with van der Waals surface area (Å²) in [5.41, 5.74) is 3.21. The van der Waals surface area contributed by atoms with Gasteiger partial charge in [0, 0.05) is 23.7 Å². The molecule has 1 aliphatic rings. The molecule has 6 nitrogen and oxygen atoms in total. The zero-order valence-corrected chi connectivity index (χ0v) is 18.3. The molecular weight excluding hydrogens is 394 g/mol. The average Bonchev–Trinajstić information content (AvgIpc) is 2.81. The predicted molar refractivity (Wildman–Crippen MR) is 119 cm³/mol. The van der Waals surface area contributed by atoms with Crippen molar-refractivity contribution < 1.29 is 23.8 Å². The summed E-state index contributed by atoms with van der Waals surface area (Å²) in [6, 6.07) is 15.2. The molecule has 3 rings (SSSR count). The molecule has 1 aliphatic heterocycles. The van der Waals surface area contributed by atoms with Crippen molar-refractivity contribution in [1.82, 2.24) is 0 Å². The maximum absolute atomic E-state index is 12.8. The molecule has 0 atom stereocenters. The minimum Gasteiger partial charge on any atom is -0.493 e. The van der Waals surface area contributed by atoms with Crippen LogP contribution in [0.3, 0.4) is 0 Å². The highest BCUT2D eigenvalue weighted by Crippen LogP contribution is 2.42. The Morgan fingerprint density at radius 3 is 2.16 bits per heavy atom. The average molecular weight is 421 g/mol. The number of nitrogens with zero attached hydrogens (tertiary/aromatic N) is 1. The fourth-order valence-corrected chi connectivity index (χ4v) is 3.57. The Labute approximate surface area is 182 Å². The molecule has 0 bridgehead atoms. The molecule has 2 aromatic carbocycles. The third-order valence-corrected chi connectivity index (χ3v) is 5.01. The predicted octanol–water partition coefficient (Wildman–Crippen LogP) is 4.50. The first-order chi connectivity index (χ1) is 15.0. The van der Waals surface area contributed by atoms with Crippen molar-refractivity contribution in [3.05, 3.63) is 83.2 Å². The van der Waals surface area contributed by atoms with E-state index in [9.17, 15) is 9.59 Å². The number of ether oxygens (including phenoxy) is 3. The molecule has 0 unspecified atom stereocenters. The van der Waals surface area contributed by atoms with Gasteiger partial charge in [-0.3, -0.25) is 0 Å². The first kappa shape index (κ1) is 22.2. The fraction of sp³-hybridized carbons (Fsp3) is 0.280. The van der Waals surface area contributed by atoms with E-state index < -0.39 is 17.9 Å². The molecule has 1 heterocycles. The van der Waals surface area contributed by atoms with Crippen LogP contribution in [0.1, 0.15) is 30.4 Å². The normalized spacial score (nSPS) is 13.9. The number of hydrogen-bond acceptors (Lipinski definition) is 6. The van der Waals surface area contributed by atoms with Crippen molar-refractivity contribution in [2.75, 3.05) is 25.7 Å². The quantitative estimate of drug-likeness (QED) is 0.614. The van der Waals surface area contributed by atoms with Crippen molar-refractivity contribution in [2.24, 2.45) is 0 Å². The van der Waals surface area contributed by atoms with E-state index in [2.05, 4.69) is 0 Å². The zero-order valence-electron chi connectivity index (χ0n) is 18.3. The number of para-hydroxylation sites is 1. The van der Waals surface area contributed by atoms with Gasteiger partial charge in [-0.25, -0.2) is 9.59 Å². The van der Waals surface area contributed by atoms with Crippen LogP contribution in [0.2, 0.25) is 0 Å². The van der Waals surface area contributed by atoms with Gasteiger partial charge in [0.05, 0.1) is 37.9 Å². The zero-order chi connectivity index (χ0) is 22.4. The molecule has 6 heteroatoms. The Bertz CT molecular complexity index is 990. The summed E-state index contributed by atoms with van der Waals surface area (Å²) >= 11 is 0. The van der Waals surface area contributed by atoms with Gasteiger partial charge in [0.2, 0.25) is 0 Å². The molecule has 0 radical (unpaired) electrons. The number of methoxy groups -OCH3 is 2. The van der Waals surface area contributed by atoms with Gasteiger partial charge < -0.3 is 19.1 Å². The Balaban J connectivity index is 2.19. The fourth-order valence-electron chi connectivity index (χ4n) is 3.57. The standard InChI is InChI=1S/C25H27NO5/c1-5-13-31-22-12-7-6-11-19(22)23-20(24(27)29-3)15-26(16-21(23)25(28)30-4)18-10-8-9-17(2)14-18/h6-12,14-16,23H,5,13H2,1-4H3. The van der Waals surface area contributed by atoms with Crippen molar-refractivity contribution in [1.29, 1.82) is 0 Å². The number of rotatable bonds is 7. The summed E-state index contributed by atoms with van der Waals surface area (Å²) < 4.78 is 16.1. The summed E-state index contributed by atoms with van der Waals surface area (Å²) in [4.78, 5) is 27.4. The summed E-state index contributed by atoms with van der Waals surface area (Å²) in [5.74, 6) is -1.12. The molecule has 31 heavy (non-hydrogen) atoms. The van der Waals surface area contributed by atoms with Gasteiger partial charge in [0.1, 0.15) is 5.75 Å². The van der Waals surface area contributed by atoms with E-state index in [1.54, 1.807) is 17.3 Å². The first-order valence-corrected chi connectivity index (χ1v) is 10.2. The van der Waals surface area contributed by atoms with E-state index in [0.29, 0.717) is 29.1 Å². The van der Waals surface area contributed by atoms with E-state index in [4.69, 9.17) is 14.2 Å². The molecular formula is C25H27NO5. The van der Waals surface area contributed by atoms with Crippen molar-refractivity contribution >= 4 is 17.6 Å². The highest BCUT2D eigenvalue weighted by atomic mass is 16.5. The van der Waals surface area contributed by atoms with Crippen LogP contribution in [0.25, 0.3) is 0 Å². The van der Waals surface area contributed by atoms with E-state index in [0.717, 1.165) is 17.7 Å². The molecule has 0 amide bonds. The number of hydrogen-bond donors (Lipinski definition) is 0. The van der Waals surface area contributed by atoms with E-state index >= 15 is 0 Å². The summed E-state index contributed by atoms with van der Waals surface area (Å²) in [5, 5.41) is 0. The van der Waals surface area contributed by atoms with E-state index in [1.165, 1.54) is 14.2 Å². The van der Waals surface area contributed by atoms with Crippen LogP contribution in [-0.2, 0) is 19.1 Å². The lowest BCUT2D eigenvalue weighted by atomic mass is 9.82. The Morgan fingerprint density at radius 2 is 1.58 bits per heavy atom. The van der Waals surface area contributed by atoms with Gasteiger partial charge in [-0.1, -0.05) is 37.3 Å². The topological polar surface area (TPSA) is 65.1 Å². The minimum atomic E-state index is -0.686. The molecule has 0 N–H and O–H groups in total. The molecule has 0 aliphatic carbocycles. The van der Waals surface area contributed by atoms with Crippen molar-refractivity contribution in [2.45, 2.75) is 26.2 Å². The maximum Gasteiger partial charge on any atom is 0.336 e. The van der Waals surface area contributed by atoms with E-state index in [1.807, 2.05) is 62.4 Å². The van der Waals surface area contributed by atoms with Crippen LogP contribution in [0.5, 0.6) is 5.75 Å². The lowest BCUT2D eigenvalue weighted by Gasteiger charge is -2.31. The minimum absolute atomic E-state index is 0.319. The molecule has 0 aromatic heterocycles. The van der Waals surface area contributed by atoms with Crippen LogP contribution in [0.4, 0.5) is 5.69 Å². The number of benzene rings is 2. The van der Waals surface area contributed by atoms with Gasteiger partial charge in [-0.2, -0.15) is 0 Å². The number of esters is 2. The lowest BCUT2D eigenvalue weighted by molar-refractivity contribution is -0.137. The monoisotopic (exact) mass is 421 g/mol. The number of carbonyl (C=O) groups excluding carboxylic acids is 2. The lowest BCUT2D eigenvalue weighted by Crippen LogP contribution is -2.29. The first-order valence-electron chi connectivity index (χ1n) is 10.2. The number of carbonyl (C=O) groups is 2. The summed E-state index contributed by atoms with van der Waals surface area (Å²) in [6.45, 7) is 4.52. The molecule has 0 saturated heterocycles. The Kier molecular flexibility index (Phi) is 7.13. The SMILES string of the molecule is CCCOc1ccccc1C1C(C(=O)OC)=CN(c2cccc(C)c2)C=C1C(=O)OC. The maximum atomic E-state index is 12.8. The van der Waals surface area contributed by atoms with Crippen LogP contribution in [-0.4, -0.2) is 32.8 Å². The van der Waals surface area contributed by atoms with Gasteiger partial charge in [0.15, 0.2) is 0 Å². The summed E-state index contributed by atoms with van der Waals surface area (Å²) in [6.07, 6.45) is 4.24. The van der Waals surface area contributed by atoms with Gasteiger partial charge in [0.25, 0.3) is 0 Å².